The topological polar surface area (TPSA) is 66.6 Å². The van der Waals surface area contributed by atoms with Crippen LogP contribution in [-0.2, 0) is 4.79 Å². The van der Waals surface area contributed by atoms with Crippen LogP contribution in [0.1, 0.15) is 29.6 Å². The molecule has 1 saturated carbocycles. The fraction of sp³-hybridized carbons (Fsp3) is 0.571. The third kappa shape index (κ3) is 3.39. The van der Waals surface area contributed by atoms with Crippen LogP contribution in [0.2, 0.25) is 0 Å². The van der Waals surface area contributed by atoms with E-state index in [-0.39, 0.29) is 24.2 Å². The van der Waals surface area contributed by atoms with Crippen LogP contribution in [0, 0.1) is 0 Å². The Hall–Kier alpha value is -1.11. The molecule has 7 heteroatoms. The van der Waals surface area contributed by atoms with Crippen LogP contribution in [0.5, 0.6) is 0 Å². The van der Waals surface area contributed by atoms with Gasteiger partial charge in [-0.3, -0.25) is 9.59 Å². The van der Waals surface area contributed by atoms with Crippen molar-refractivity contribution in [3.05, 3.63) is 22.4 Å². The van der Waals surface area contributed by atoms with E-state index in [1.807, 2.05) is 26.6 Å². The van der Waals surface area contributed by atoms with Gasteiger partial charge in [-0.25, -0.2) is 0 Å². The first-order chi connectivity index (χ1) is 9.60. The Morgan fingerprint density at radius 2 is 1.81 bits per heavy atom. The monoisotopic (exact) mass is 329 g/mol. The molecule has 0 aromatic carbocycles. The third-order valence-corrected chi connectivity index (χ3v) is 4.74. The molecule has 3 rings (SSSR count). The van der Waals surface area contributed by atoms with Crippen molar-refractivity contribution in [3.8, 4) is 0 Å². The van der Waals surface area contributed by atoms with Crippen molar-refractivity contribution >= 4 is 35.6 Å². The first-order valence-electron chi connectivity index (χ1n) is 7.00. The zero-order chi connectivity index (χ0) is 14.2. The molecule has 1 aromatic heterocycles. The lowest BCUT2D eigenvalue weighted by Gasteiger charge is -2.24. The molecule has 1 aliphatic carbocycles. The van der Waals surface area contributed by atoms with E-state index >= 15 is 0 Å². The van der Waals surface area contributed by atoms with E-state index in [2.05, 4.69) is 0 Å². The largest absolute Gasteiger partial charge is 0.339 e. The Morgan fingerprint density at radius 3 is 2.43 bits per heavy atom. The summed E-state index contributed by atoms with van der Waals surface area (Å²) in [5.41, 5.74) is 6.11. The molecule has 0 radical (unpaired) electrons. The van der Waals surface area contributed by atoms with Gasteiger partial charge in [0.2, 0.25) is 5.91 Å². The van der Waals surface area contributed by atoms with Crippen LogP contribution in [-0.4, -0.2) is 53.3 Å². The van der Waals surface area contributed by atoms with E-state index in [1.54, 1.807) is 0 Å². The summed E-state index contributed by atoms with van der Waals surface area (Å²) in [6.07, 6.45) is 2.40. The second kappa shape index (κ2) is 6.34. The molecule has 0 spiro atoms. The Kier molecular flexibility index (Phi) is 4.91. The minimum atomic E-state index is -0.605. The van der Waals surface area contributed by atoms with Crippen molar-refractivity contribution in [1.29, 1.82) is 0 Å². The Labute approximate surface area is 134 Å². The summed E-state index contributed by atoms with van der Waals surface area (Å²) in [5.74, 6) is 0.122. The van der Waals surface area contributed by atoms with Gasteiger partial charge in [0.25, 0.3) is 5.91 Å². The molecule has 2 fully saturated rings. The first-order valence-corrected chi connectivity index (χ1v) is 7.94. The van der Waals surface area contributed by atoms with Gasteiger partial charge in [-0.05, 0) is 30.7 Å². The van der Waals surface area contributed by atoms with Gasteiger partial charge in [0.1, 0.15) is 0 Å². The maximum absolute atomic E-state index is 12.3. The molecule has 21 heavy (non-hydrogen) atoms. The molecular formula is C14H20ClN3O2S. The molecule has 2 heterocycles. The molecule has 2 N–H and O–H groups in total. The molecule has 0 unspecified atom stereocenters. The summed E-state index contributed by atoms with van der Waals surface area (Å²) in [6, 6.07) is 1.85. The molecule has 1 aromatic rings. The van der Waals surface area contributed by atoms with Crippen LogP contribution in [0.3, 0.4) is 0 Å². The quantitative estimate of drug-likeness (QED) is 0.890. The summed E-state index contributed by atoms with van der Waals surface area (Å²) in [5, 5.41) is 3.78. The number of thiophene rings is 1. The second-order valence-electron chi connectivity index (χ2n) is 5.61. The van der Waals surface area contributed by atoms with Crippen molar-refractivity contribution in [1.82, 2.24) is 9.80 Å². The van der Waals surface area contributed by atoms with Gasteiger partial charge < -0.3 is 15.5 Å². The van der Waals surface area contributed by atoms with Gasteiger partial charge in [0, 0.05) is 31.6 Å². The fourth-order valence-electron chi connectivity index (χ4n) is 2.56. The lowest BCUT2D eigenvalue weighted by atomic mass is 10.2. The second-order valence-corrected chi connectivity index (χ2v) is 6.39. The Morgan fingerprint density at radius 1 is 1.14 bits per heavy atom. The average molecular weight is 330 g/mol. The molecule has 5 nitrogen and oxygen atoms in total. The van der Waals surface area contributed by atoms with Crippen LogP contribution in [0.15, 0.2) is 16.8 Å². The summed E-state index contributed by atoms with van der Waals surface area (Å²) >= 11 is 1.53. The number of carbonyl (C=O) groups excluding carboxylic acids is 2. The maximum atomic E-state index is 12.3. The zero-order valence-electron chi connectivity index (χ0n) is 11.8. The van der Waals surface area contributed by atoms with Crippen molar-refractivity contribution < 1.29 is 9.59 Å². The number of hydrogen-bond donors (Lipinski definition) is 1. The maximum Gasteiger partial charge on any atom is 0.254 e. The van der Waals surface area contributed by atoms with Crippen molar-refractivity contribution in [3.63, 3.8) is 0 Å². The molecule has 1 saturated heterocycles. The highest BCUT2D eigenvalue weighted by Gasteiger charge is 2.48. The predicted octanol–water partition coefficient (Wildman–Crippen LogP) is 1.34. The minimum Gasteiger partial charge on any atom is -0.339 e. The lowest BCUT2D eigenvalue weighted by Crippen LogP contribution is -2.47. The van der Waals surface area contributed by atoms with Crippen molar-refractivity contribution in [2.24, 2.45) is 5.73 Å². The van der Waals surface area contributed by atoms with Crippen LogP contribution in [0.25, 0.3) is 0 Å². The predicted molar refractivity (Wildman–Crippen MR) is 84.8 cm³/mol. The van der Waals surface area contributed by atoms with Gasteiger partial charge in [-0.15, -0.1) is 12.4 Å². The number of hydrogen-bond acceptors (Lipinski definition) is 4. The summed E-state index contributed by atoms with van der Waals surface area (Å²) in [6.45, 7) is 2.59. The molecular weight excluding hydrogens is 310 g/mol. The third-order valence-electron chi connectivity index (χ3n) is 4.05. The van der Waals surface area contributed by atoms with E-state index in [1.165, 1.54) is 11.3 Å². The molecule has 0 bridgehead atoms. The normalized spacial score (nSPS) is 20.4. The van der Waals surface area contributed by atoms with E-state index in [9.17, 15) is 9.59 Å². The van der Waals surface area contributed by atoms with Gasteiger partial charge >= 0.3 is 0 Å². The zero-order valence-corrected chi connectivity index (χ0v) is 13.4. The van der Waals surface area contributed by atoms with Crippen LogP contribution >= 0.6 is 23.7 Å². The highest BCUT2D eigenvalue weighted by molar-refractivity contribution is 7.08. The number of nitrogens with zero attached hydrogens (tertiary/aromatic N) is 2. The van der Waals surface area contributed by atoms with Crippen molar-refractivity contribution in [2.45, 2.75) is 24.8 Å². The first kappa shape index (κ1) is 16.3. The SMILES string of the molecule is Cl.NC1(C(=O)N2CCCN(C(=O)c3ccsc3)CC2)CC1. The van der Waals surface area contributed by atoms with Crippen LogP contribution < -0.4 is 5.73 Å². The number of amides is 2. The molecule has 2 amide bonds. The van der Waals surface area contributed by atoms with Gasteiger partial charge in [-0.2, -0.15) is 11.3 Å². The minimum absolute atomic E-state index is 0. The average Bonchev–Trinajstić information content (AvgIpc) is 3.05. The number of nitrogens with two attached hydrogens (primary N) is 1. The molecule has 1 aliphatic heterocycles. The standard InChI is InChI=1S/C14H19N3O2S.ClH/c15-14(3-4-14)13(19)17-6-1-5-16(7-8-17)12(18)11-2-9-20-10-11;/h2,9-10H,1,3-8,15H2;1H. The Bertz CT molecular complexity index is 516. The fourth-order valence-corrected chi connectivity index (χ4v) is 3.19. The highest BCUT2D eigenvalue weighted by atomic mass is 35.5. The van der Waals surface area contributed by atoms with Gasteiger partial charge in [0.05, 0.1) is 11.1 Å². The number of rotatable bonds is 2. The summed E-state index contributed by atoms with van der Waals surface area (Å²) < 4.78 is 0. The van der Waals surface area contributed by atoms with Gasteiger partial charge in [-0.1, -0.05) is 0 Å². The lowest BCUT2D eigenvalue weighted by molar-refractivity contribution is -0.133. The summed E-state index contributed by atoms with van der Waals surface area (Å²) in [4.78, 5) is 28.2. The van der Waals surface area contributed by atoms with Gasteiger partial charge in [0.15, 0.2) is 0 Å². The van der Waals surface area contributed by atoms with E-state index in [4.69, 9.17) is 5.73 Å². The van der Waals surface area contributed by atoms with E-state index in [0.29, 0.717) is 26.2 Å². The summed E-state index contributed by atoms with van der Waals surface area (Å²) in [7, 11) is 0. The highest BCUT2D eigenvalue weighted by Crippen LogP contribution is 2.34. The molecule has 0 atom stereocenters. The molecule has 2 aliphatic rings. The van der Waals surface area contributed by atoms with Crippen molar-refractivity contribution in [2.75, 3.05) is 26.2 Å². The van der Waals surface area contributed by atoms with E-state index < -0.39 is 5.54 Å². The smallest absolute Gasteiger partial charge is 0.254 e. The molecule has 116 valence electrons. The van der Waals surface area contributed by atoms with E-state index in [0.717, 1.165) is 24.8 Å². The van der Waals surface area contributed by atoms with Crippen LogP contribution in [0.4, 0.5) is 0 Å². The Balaban J connectivity index is 0.00000161. The number of halogens is 1. The number of carbonyl (C=O) groups is 2.